The van der Waals surface area contributed by atoms with Gasteiger partial charge >= 0.3 is 0 Å². The molecule has 0 saturated carbocycles. The Morgan fingerprint density at radius 1 is 1.09 bits per heavy atom. The predicted molar refractivity (Wildman–Crippen MR) is 135 cm³/mol. The second-order valence-electron chi connectivity index (χ2n) is 8.37. The van der Waals surface area contributed by atoms with Gasteiger partial charge < -0.3 is 20.7 Å². The Labute approximate surface area is 200 Å². The van der Waals surface area contributed by atoms with Gasteiger partial charge in [-0.1, -0.05) is 19.1 Å². The van der Waals surface area contributed by atoms with E-state index in [1.807, 2.05) is 43.3 Å². The molecule has 2 aliphatic rings. The van der Waals surface area contributed by atoms with Crippen LogP contribution in [0.2, 0.25) is 0 Å². The number of fused-ring (bicyclic) bond motifs is 11. The second kappa shape index (κ2) is 11.5. The largest absolute Gasteiger partial charge is 0.493 e. The molecule has 0 saturated heterocycles. The normalized spacial score (nSPS) is 15.6. The molecule has 1 aromatic heterocycles. The maximum Gasteiger partial charge on any atom is 0.229 e. The number of aromatic nitrogens is 2. The van der Waals surface area contributed by atoms with Gasteiger partial charge in [-0.2, -0.15) is 4.98 Å². The highest BCUT2D eigenvalue weighted by molar-refractivity contribution is 5.76. The van der Waals surface area contributed by atoms with Crippen molar-refractivity contribution < 1.29 is 9.53 Å². The molecule has 0 unspecified atom stereocenters. The molecule has 34 heavy (non-hydrogen) atoms. The van der Waals surface area contributed by atoms with E-state index in [1.54, 1.807) is 6.20 Å². The Hall–Kier alpha value is -3.65. The third kappa shape index (κ3) is 6.68. The summed E-state index contributed by atoms with van der Waals surface area (Å²) in [5.41, 5.74) is 4.03. The molecule has 2 aromatic carbocycles. The number of amides is 1. The predicted octanol–water partition coefficient (Wildman–Crippen LogP) is 4.38. The van der Waals surface area contributed by atoms with E-state index in [0.29, 0.717) is 37.9 Å². The maximum atomic E-state index is 12.3. The van der Waals surface area contributed by atoms with Crippen LogP contribution in [0.1, 0.15) is 30.9 Å². The van der Waals surface area contributed by atoms with Crippen LogP contribution in [0.5, 0.6) is 5.75 Å². The van der Waals surface area contributed by atoms with Crippen LogP contribution < -0.4 is 20.7 Å². The van der Waals surface area contributed by atoms with Crippen molar-refractivity contribution in [1.29, 1.82) is 0 Å². The number of carbonyl (C=O) groups is 1. The molecular formula is C26H32N6O2. The lowest BCUT2D eigenvalue weighted by molar-refractivity contribution is -0.121. The molecule has 0 spiro atoms. The number of nitrogens with one attached hydrogen (secondary N) is 3. The Bertz CT molecular complexity index is 1120. The summed E-state index contributed by atoms with van der Waals surface area (Å²) in [6, 6.07) is 16.0. The van der Waals surface area contributed by atoms with Crippen molar-refractivity contribution in [3.63, 3.8) is 0 Å². The molecule has 5 rings (SSSR count). The third-order valence-corrected chi connectivity index (χ3v) is 5.70. The zero-order valence-electron chi connectivity index (χ0n) is 19.8. The van der Waals surface area contributed by atoms with E-state index >= 15 is 0 Å². The minimum Gasteiger partial charge on any atom is -0.493 e. The lowest BCUT2D eigenvalue weighted by atomic mass is 10.1. The van der Waals surface area contributed by atoms with Crippen molar-refractivity contribution in [2.24, 2.45) is 0 Å². The topological polar surface area (TPSA) is 91.4 Å². The van der Waals surface area contributed by atoms with Crippen LogP contribution >= 0.6 is 0 Å². The highest BCUT2D eigenvalue weighted by Gasteiger charge is 2.10. The molecule has 6 bridgehead atoms. The standard InChI is InChI=1S/C26H32N6O2/c1-3-32-14-11-25(33)27-12-5-15-34-23-9-8-22(16-19(23)2)30-26-28-13-10-24(31-26)29-21-7-4-6-20(17-21)18-32/h4,6-10,13,16-17H,3,5,11-12,14-15,18H2,1-2H3,(H,27,33)(H2,28,29,30,31). The summed E-state index contributed by atoms with van der Waals surface area (Å²) in [7, 11) is 0. The van der Waals surface area contributed by atoms with Crippen LogP contribution in [0.25, 0.3) is 0 Å². The van der Waals surface area contributed by atoms with Crippen LogP contribution in [0, 0.1) is 6.92 Å². The Morgan fingerprint density at radius 2 is 1.97 bits per heavy atom. The van der Waals surface area contributed by atoms with Crippen LogP contribution in [-0.4, -0.2) is 47.0 Å². The highest BCUT2D eigenvalue weighted by atomic mass is 16.5. The molecule has 0 fully saturated rings. The van der Waals surface area contributed by atoms with Gasteiger partial charge in [0.2, 0.25) is 11.9 Å². The molecule has 8 nitrogen and oxygen atoms in total. The second-order valence-corrected chi connectivity index (χ2v) is 8.37. The van der Waals surface area contributed by atoms with E-state index in [1.165, 1.54) is 5.56 Å². The fraction of sp³-hybridized carbons (Fsp3) is 0.346. The van der Waals surface area contributed by atoms with E-state index in [9.17, 15) is 4.79 Å². The van der Waals surface area contributed by atoms with Crippen LogP contribution in [0.3, 0.4) is 0 Å². The molecule has 8 heteroatoms. The van der Waals surface area contributed by atoms with Crippen molar-refractivity contribution >= 4 is 29.0 Å². The summed E-state index contributed by atoms with van der Waals surface area (Å²) in [6.07, 6.45) is 2.96. The van der Waals surface area contributed by atoms with Gasteiger partial charge in [-0.3, -0.25) is 9.69 Å². The van der Waals surface area contributed by atoms with Gasteiger partial charge in [0.05, 0.1) is 6.61 Å². The van der Waals surface area contributed by atoms with E-state index in [-0.39, 0.29) is 5.91 Å². The molecule has 178 valence electrons. The maximum absolute atomic E-state index is 12.3. The number of anilines is 4. The van der Waals surface area contributed by atoms with E-state index in [0.717, 1.165) is 42.2 Å². The van der Waals surface area contributed by atoms with Crippen molar-refractivity contribution in [2.45, 2.75) is 33.2 Å². The van der Waals surface area contributed by atoms with Gasteiger partial charge in [-0.25, -0.2) is 4.98 Å². The third-order valence-electron chi connectivity index (χ3n) is 5.70. The number of ether oxygens (including phenoxy) is 1. The first-order valence-electron chi connectivity index (χ1n) is 11.8. The number of rotatable bonds is 1. The fourth-order valence-electron chi connectivity index (χ4n) is 3.84. The minimum atomic E-state index is 0.0715. The van der Waals surface area contributed by atoms with Gasteiger partial charge in [0.1, 0.15) is 11.6 Å². The molecule has 0 radical (unpaired) electrons. The fourth-order valence-corrected chi connectivity index (χ4v) is 3.84. The number of hydrogen-bond acceptors (Lipinski definition) is 7. The number of hydrogen-bond donors (Lipinski definition) is 3. The van der Waals surface area contributed by atoms with Gasteiger partial charge in [-0.15, -0.1) is 0 Å². The summed E-state index contributed by atoms with van der Waals surface area (Å²) in [5, 5.41) is 9.64. The molecule has 3 N–H and O–H groups in total. The van der Waals surface area contributed by atoms with Crippen LogP contribution in [0.15, 0.2) is 54.7 Å². The van der Waals surface area contributed by atoms with E-state index in [4.69, 9.17) is 4.74 Å². The molecular weight excluding hydrogens is 428 g/mol. The number of carbonyl (C=O) groups excluding carboxylic acids is 1. The minimum absolute atomic E-state index is 0.0715. The smallest absolute Gasteiger partial charge is 0.229 e. The van der Waals surface area contributed by atoms with Crippen molar-refractivity contribution in [3.8, 4) is 5.75 Å². The highest BCUT2D eigenvalue weighted by Crippen LogP contribution is 2.24. The average Bonchev–Trinajstić information content (AvgIpc) is 2.82. The molecule has 0 aliphatic carbocycles. The first-order valence-corrected chi connectivity index (χ1v) is 11.8. The first-order chi connectivity index (χ1) is 16.6. The lowest BCUT2D eigenvalue weighted by Crippen LogP contribution is -2.31. The van der Waals surface area contributed by atoms with Gasteiger partial charge in [0.15, 0.2) is 0 Å². The molecule has 0 atom stereocenters. The Kier molecular flexibility index (Phi) is 7.93. The van der Waals surface area contributed by atoms with Crippen LogP contribution in [0.4, 0.5) is 23.1 Å². The number of nitrogens with zero attached hydrogens (tertiary/aromatic N) is 3. The molecule has 3 heterocycles. The van der Waals surface area contributed by atoms with Crippen molar-refractivity contribution in [2.75, 3.05) is 36.9 Å². The SMILES string of the molecule is CCN1CCC(=O)NCCCOc2ccc(cc2C)Nc2nccc(n2)Nc2cccc(c2)C1. The monoisotopic (exact) mass is 460 g/mol. The molecule has 1 amide bonds. The quantitative estimate of drug-likeness (QED) is 0.496. The first kappa shape index (κ1) is 23.5. The summed E-state index contributed by atoms with van der Waals surface area (Å²) in [6.45, 7) is 7.63. The summed E-state index contributed by atoms with van der Waals surface area (Å²) in [5.74, 6) is 2.12. The van der Waals surface area contributed by atoms with Gasteiger partial charge in [0, 0.05) is 43.6 Å². The number of aryl methyl sites for hydroxylation is 1. The molecule has 3 aromatic rings. The number of benzene rings is 2. The lowest BCUT2D eigenvalue weighted by Gasteiger charge is -2.21. The zero-order valence-corrected chi connectivity index (χ0v) is 19.8. The van der Waals surface area contributed by atoms with Crippen molar-refractivity contribution in [3.05, 3.63) is 65.9 Å². The Morgan fingerprint density at radius 3 is 2.82 bits per heavy atom. The van der Waals surface area contributed by atoms with Crippen LogP contribution in [-0.2, 0) is 11.3 Å². The summed E-state index contributed by atoms with van der Waals surface area (Å²) in [4.78, 5) is 23.5. The van der Waals surface area contributed by atoms with Crippen molar-refractivity contribution in [1.82, 2.24) is 20.2 Å². The summed E-state index contributed by atoms with van der Waals surface area (Å²) < 4.78 is 5.91. The molecule has 2 aliphatic heterocycles. The summed E-state index contributed by atoms with van der Waals surface area (Å²) >= 11 is 0. The van der Waals surface area contributed by atoms with Gasteiger partial charge in [-0.05, 0) is 67.4 Å². The zero-order chi connectivity index (χ0) is 23.8. The average molecular weight is 461 g/mol. The Balaban J connectivity index is 1.56. The van der Waals surface area contributed by atoms with E-state index in [2.05, 4.69) is 49.9 Å². The van der Waals surface area contributed by atoms with Gasteiger partial charge in [0.25, 0.3) is 0 Å². The van der Waals surface area contributed by atoms with E-state index < -0.39 is 0 Å².